The number of morpholine rings is 1. The Morgan fingerprint density at radius 3 is 2.93 bits per heavy atom. The zero-order valence-electron chi connectivity index (χ0n) is 9.91. The number of nitrogens with one attached hydrogen (secondary N) is 1. The van der Waals surface area contributed by atoms with Crippen LogP contribution in [-0.2, 0) is 4.74 Å². The van der Waals surface area contributed by atoms with Crippen molar-refractivity contribution in [3.8, 4) is 0 Å². The van der Waals surface area contributed by atoms with Gasteiger partial charge in [0.1, 0.15) is 0 Å². The van der Waals surface area contributed by atoms with Crippen LogP contribution in [-0.4, -0.2) is 74.9 Å². The highest BCUT2D eigenvalue weighted by molar-refractivity contribution is 4.79. The van der Waals surface area contributed by atoms with E-state index in [9.17, 15) is 0 Å². The van der Waals surface area contributed by atoms with Crippen molar-refractivity contribution in [2.24, 2.45) is 0 Å². The average Bonchev–Trinajstić information content (AvgIpc) is 2.17. The van der Waals surface area contributed by atoms with Crippen molar-refractivity contribution in [3.63, 3.8) is 0 Å². The highest BCUT2D eigenvalue weighted by Gasteiger charge is 2.23. The fourth-order valence-corrected chi connectivity index (χ4v) is 2.44. The molecule has 1 N–H and O–H groups in total. The van der Waals surface area contributed by atoms with Crippen LogP contribution in [0.1, 0.15) is 6.92 Å². The summed E-state index contributed by atoms with van der Waals surface area (Å²) in [6.07, 6.45) is 0.411. The first-order chi connectivity index (χ1) is 7.24. The van der Waals surface area contributed by atoms with E-state index < -0.39 is 0 Å². The number of rotatable bonds is 2. The van der Waals surface area contributed by atoms with Crippen molar-refractivity contribution in [1.82, 2.24) is 15.1 Å². The second kappa shape index (κ2) is 5.25. The Bertz CT molecular complexity index is 180. The van der Waals surface area contributed by atoms with Gasteiger partial charge in [-0.1, -0.05) is 0 Å². The lowest BCUT2D eigenvalue weighted by Crippen LogP contribution is -2.53. The molecule has 4 heteroatoms. The van der Waals surface area contributed by atoms with E-state index in [0.717, 1.165) is 45.9 Å². The van der Waals surface area contributed by atoms with Crippen molar-refractivity contribution < 1.29 is 4.74 Å². The van der Waals surface area contributed by atoms with Gasteiger partial charge >= 0.3 is 0 Å². The van der Waals surface area contributed by atoms with Crippen LogP contribution >= 0.6 is 0 Å². The monoisotopic (exact) mass is 213 g/mol. The van der Waals surface area contributed by atoms with Gasteiger partial charge in [-0.2, -0.15) is 0 Å². The molecule has 0 amide bonds. The molecule has 88 valence electrons. The van der Waals surface area contributed by atoms with Crippen molar-refractivity contribution in [1.29, 1.82) is 0 Å². The van der Waals surface area contributed by atoms with E-state index in [1.165, 1.54) is 0 Å². The zero-order chi connectivity index (χ0) is 10.7. The molecule has 0 aliphatic carbocycles. The molecule has 0 aromatic carbocycles. The molecular formula is C11H23N3O. The molecule has 0 aromatic rings. The van der Waals surface area contributed by atoms with Crippen molar-refractivity contribution in [3.05, 3.63) is 0 Å². The Hall–Kier alpha value is -0.160. The highest BCUT2D eigenvalue weighted by Crippen LogP contribution is 2.07. The highest BCUT2D eigenvalue weighted by atomic mass is 16.5. The number of nitrogens with zero attached hydrogens (tertiary/aromatic N) is 2. The predicted octanol–water partition coefficient (Wildman–Crippen LogP) is -0.389. The number of likely N-dealkylation sites (N-methyl/N-ethyl adjacent to an activating group) is 1. The molecule has 15 heavy (non-hydrogen) atoms. The van der Waals surface area contributed by atoms with Gasteiger partial charge in [-0.15, -0.1) is 0 Å². The molecule has 1 unspecified atom stereocenters. The van der Waals surface area contributed by atoms with Gasteiger partial charge in [-0.25, -0.2) is 0 Å². The minimum absolute atomic E-state index is 0.411. The van der Waals surface area contributed by atoms with Crippen LogP contribution in [0, 0.1) is 0 Å². The van der Waals surface area contributed by atoms with E-state index in [1.54, 1.807) is 0 Å². The maximum Gasteiger partial charge on any atom is 0.0829 e. The summed E-state index contributed by atoms with van der Waals surface area (Å²) < 4.78 is 5.78. The molecule has 2 aliphatic rings. The number of ether oxygens (including phenoxy) is 1. The van der Waals surface area contributed by atoms with Gasteiger partial charge in [0.2, 0.25) is 0 Å². The molecule has 2 rings (SSSR count). The summed E-state index contributed by atoms with van der Waals surface area (Å²) in [7, 11) is 2.18. The third-order valence-corrected chi connectivity index (χ3v) is 3.26. The van der Waals surface area contributed by atoms with Crippen LogP contribution < -0.4 is 5.32 Å². The number of hydrogen-bond acceptors (Lipinski definition) is 4. The van der Waals surface area contributed by atoms with Crippen LogP contribution in [0.15, 0.2) is 0 Å². The SMILES string of the molecule is C[C@H]1CN(CC2CN(C)CCO2)CCN1. The maximum absolute atomic E-state index is 5.78. The zero-order valence-corrected chi connectivity index (χ0v) is 9.91. The largest absolute Gasteiger partial charge is 0.374 e. The first-order valence-electron chi connectivity index (χ1n) is 6.00. The molecule has 0 aromatic heterocycles. The predicted molar refractivity (Wildman–Crippen MR) is 61.1 cm³/mol. The Kier molecular flexibility index (Phi) is 3.97. The first kappa shape index (κ1) is 11.3. The lowest BCUT2D eigenvalue weighted by molar-refractivity contribution is -0.0383. The lowest BCUT2D eigenvalue weighted by atomic mass is 10.2. The second-order valence-corrected chi connectivity index (χ2v) is 4.87. The van der Waals surface area contributed by atoms with Gasteiger partial charge in [-0.05, 0) is 14.0 Å². The van der Waals surface area contributed by atoms with Gasteiger partial charge < -0.3 is 15.0 Å². The standard InChI is InChI=1S/C11H23N3O/c1-10-7-14(4-3-12-10)9-11-8-13(2)5-6-15-11/h10-12H,3-9H2,1-2H3/t10-,11?/m0/s1. The van der Waals surface area contributed by atoms with E-state index in [2.05, 4.69) is 29.1 Å². The number of piperazine rings is 1. The summed E-state index contributed by atoms with van der Waals surface area (Å²) in [5.41, 5.74) is 0. The molecule has 2 atom stereocenters. The van der Waals surface area contributed by atoms with E-state index in [1.807, 2.05) is 0 Å². The molecule has 4 nitrogen and oxygen atoms in total. The van der Waals surface area contributed by atoms with E-state index in [0.29, 0.717) is 12.1 Å². The molecule has 2 heterocycles. The fraction of sp³-hybridized carbons (Fsp3) is 1.00. The average molecular weight is 213 g/mol. The van der Waals surface area contributed by atoms with Gasteiger partial charge in [0.05, 0.1) is 12.7 Å². The van der Waals surface area contributed by atoms with Crippen molar-refractivity contribution in [2.75, 3.05) is 52.9 Å². The summed E-state index contributed by atoms with van der Waals surface area (Å²) in [6.45, 7) is 9.83. The summed E-state index contributed by atoms with van der Waals surface area (Å²) in [5, 5.41) is 3.47. The van der Waals surface area contributed by atoms with Gasteiger partial charge in [0.15, 0.2) is 0 Å². The van der Waals surface area contributed by atoms with E-state index >= 15 is 0 Å². The summed E-state index contributed by atoms with van der Waals surface area (Å²) >= 11 is 0. The molecule has 0 saturated carbocycles. The summed E-state index contributed by atoms with van der Waals surface area (Å²) in [5.74, 6) is 0. The maximum atomic E-state index is 5.78. The molecule has 2 saturated heterocycles. The first-order valence-corrected chi connectivity index (χ1v) is 6.00. The Labute approximate surface area is 92.6 Å². The molecule has 2 aliphatic heterocycles. The number of hydrogen-bond donors (Lipinski definition) is 1. The van der Waals surface area contributed by atoms with Crippen LogP contribution in [0.25, 0.3) is 0 Å². The van der Waals surface area contributed by atoms with Crippen molar-refractivity contribution >= 4 is 0 Å². The Morgan fingerprint density at radius 1 is 1.33 bits per heavy atom. The Morgan fingerprint density at radius 2 is 2.20 bits per heavy atom. The van der Waals surface area contributed by atoms with E-state index in [-0.39, 0.29) is 0 Å². The molecular weight excluding hydrogens is 190 g/mol. The third-order valence-electron chi connectivity index (χ3n) is 3.26. The topological polar surface area (TPSA) is 27.7 Å². The van der Waals surface area contributed by atoms with Crippen LogP contribution in [0.4, 0.5) is 0 Å². The van der Waals surface area contributed by atoms with Gasteiger partial charge in [0.25, 0.3) is 0 Å². The smallest absolute Gasteiger partial charge is 0.0829 e. The molecule has 0 bridgehead atoms. The fourth-order valence-electron chi connectivity index (χ4n) is 2.44. The minimum Gasteiger partial charge on any atom is -0.374 e. The van der Waals surface area contributed by atoms with Gasteiger partial charge in [-0.3, -0.25) is 4.90 Å². The Balaban J connectivity index is 1.75. The van der Waals surface area contributed by atoms with Crippen molar-refractivity contribution in [2.45, 2.75) is 19.1 Å². The summed E-state index contributed by atoms with van der Waals surface area (Å²) in [4.78, 5) is 4.88. The summed E-state index contributed by atoms with van der Waals surface area (Å²) in [6, 6.07) is 0.625. The normalized spacial score (nSPS) is 35.6. The van der Waals surface area contributed by atoms with Crippen LogP contribution in [0.3, 0.4) is 0 Å². The van der Waals surface area contributed by atoms with Crippen LogP contribution in [0.5, 0.6) is 0 Å². The molecule has 0 spiro atoms. The van der Waals surface area contributed by atoms with E-state index in [4.69, 9.17) is 4.74 Å². The second-order valence-electron chi connectivity index (χ2n) is 4.87. The minimum atomic E-state index is 0.411. The van der Waals surface area contributed by atoms with Crippen LogP contribution in [0.2, 0.25) is 0 Å². The third kappa shape index (κ3) is 3.41. The lowest BCUT2D eigenvalue weighted by Gasteiger charge is -2.37. The molecule has 0 radical (unpaired) electrons. The molecule has 2 fully saturated rings. The van der Waals surface area contributed by atoms with Gasteiger partial charge in [0, 0.05) is 45.3 Å². The quantitative estimate of drug-likeness (QED) is 0.676.